The lowest BCUT2D eigenvalue weighted by Crippen LogP contribution is -2.14. The first-order valence-electron chi connectivity index (χ1n) is 1.51. The van der Waals surface area contributed by atoms with Gasteiger partial charge in [-0.3, -0.25) is 0 Å². The SMILES string of the molecule is CS(=O)(=O)C(Br)(Br)Br. The van der Waals surface area contributed by atoms with E-state index >= 15 is 0 Å². The van der Waals surface area contributed by atoms with Crippen LogP contribution in [0.15, 0.2) is 0 Å². The molecule has 0 bridgehead atoms. The summed E-state index contributed by atoms with van der Waals surface area (Å²) in [7, 11) is -3.09. The summed E-state index contributed by atoms with van der Waals surface area (Å²) in [5, 5.41) is 0. The largest absolute Gasteiger partial charge is 0.234 e. The fourth-order valence-electron chi connectivity index (χ4n) is 0. The smallest absolute Gasteiger partial charge is 0.226 e. The molecule has 0 spiro atoms. The van der Waals surface area contributed by atoms with Gasteiger partial charge in [0.15, 0.2) is 9.84 Å². The lowest BCUT2D eigenvalue weighted by molar-refractivity contribution is 0.604. The standard InChI is InChI=1S/C2H3Br3O2S/c1-8(6,7)2(3,4)5/h1H3. The second kappa shape index (κ2) is 2.56. The van der Waals surface area contributed by atoms with Gasteiger partial charge >= 0.3 is 0 Å². The zero-order chi connectivity index (χ0) is 7.00. The Morgan fingerprint density at radius 2 is 1.38 bits per heavy atom. The first-order chi connectivity index (χ1) is 3.25. The second-order valence-electron chi connectivity index (χ2n) is 1.22. The van der Waals surface area contributed by atoms with Crippen molar-refractivity contribution < 1.29 is 8.42 Å². The zero-order valence-electron chi connectivity index (χ0n) is 3.86. The second-order valence-corrected chi connectivity index (χ2v) is 11.7. The number of rotatable bonds is 0. The quantitative estimate of drug-likeness (QED) is 0.635. The molecule has 8 heavy (non-hydrogen) atoms. The molecule has 0 aromatic carbocycles. The number of hydrogen-bond donors (Lipinski definition) is 0. The summed E-state index contributed by atoms with van der Waals surface area (Å²) in [4.78, 5) is 0. The van der Waals surface area contributed by atoms with E-state index in [1.807, 2.05) is 0 Å². The van der Waals surface area contributed by atoms with Gasteiger partial charge in [0.1, 0.15) is 0 Å². The van der Waals surface area contributed by atoms with E-state index in [0.29, 0.717) is 0 Å². The third kappa shape index (κ3) is 2.80. The molecule has 2 nitrogen and oxygen atoms in total. The molecular formula is C2H3Br3O2S. The molecule has 0 N–H and O–H groups in total. The first-order valence-corrected chi connectivity index (χ1v) is 5.78. The van der Waals surface area contributed by atoms with Gasteiger partial charge in [0.25, 0.3) is 0 Å². The van der Waals surface area contributed by atoms with Gasteiger partial charge in [0.05, 0.1) is 0 Å². The van der Waals surface area contributed by atoms with E-state index in [9.17, 15) is 8.42 Å². The molecule has 0 saturated heterocycles. The summed E-state index contributed by atoms with van der Waals surface area (Å²) in [6.45, 7) is 0. The first kappa shape index (κ1) is 9.39. The molecule has 0 aromatic heterocycles. The summed E-state index contributed by atoms with van der Waals surface area (Å²) in [5.74, 6) is 0. The zero-order valence-corrected chi connectivity index (χ0v) is 9.43. The van der Waals surface area contributed by atoms with E-state index in [1.54, 1.807) is 0 Å². The topological polar surface area (TPSA) is 34.1 Å². The van der Waals surface area contributed by atoms with Gasteiger partial charge < -0.3 is 0 Å². The summed E-state index contributed by atoms with van der Waals surface area (Å²) in [5.41, 5.74) is 0. The van der Waals surface area contributed by atoms with Crippen LogP contribution in [0.1, 0.15) is 0 Å². The molecule has 0 aliphatic rings. The molecule has 0 heterocycles. The molecule has 0 radical (unpaired) electrons. The van der Waals surface area contributed by atoms with Gasteiger partial charge in [-0.2, -0.15) is 0 Å². The molecule has 0 aromatic rings. The average molecular weight is 331 g/mol. The van der Waals surface area contributed by atoms with Gasteiger partial charge in [0.2, 0.25) is 1.47 Å². The Morgan fingerprint density at radius 1 is 1.25 bits per heavy atom. The van der Waals surface area contributed by atoms with Crippen LogP contribution in [0.3, 0.4) is 0 Å². The third-order valence-electron chi connectivity index (χ3n) is 0.420. The highest BCUT2D eigenvalue weighted by Crippen LogP contribution is 2.38. The van der Waals surface area contributed by atoms with Crippen LogP contribution in [-0.4, -0.2) is 16.1 Å². The van der Waals surface area contributed by atoms with Crippen molar-refractivity contribution in [2.24, 2.45) is 0 Å². The monoisotopic (exact) mass is 328 g/mol. The van der Waals surface area contributed by atoms with E-state index in [2.05, 4.69) is 47.8 Å². The maximum Gasteiger partial charge on any atom is 0.234 e. The van der Waals surface area contributed by atoms with Gasteiger partial charge in [0, 0.05) is 6.26 Å². The Bertz CT molecular complexity index is 164. The number of hydrogen-bond acceptors (Lipinski definition) is 2. The third-order valence-corrected chi connectivity index (χ3v) is 6.55. The fourth-order valence-corrected chi connectivity index (χ4v) is 0. The molecular weight excluding hydrogens is 328 g/mol. The lowest BCUT2D eigenvalue weighted by atomic mass is 11.9. The Morgan fingerprint density at radius 3 is 1.38 bits per heavy atom. The van der Waals surface area contributed by atoms with Crippen LogP contribution < -0.4 is 0 Å². The minimum Gasteiger partial charge on any atom is -0.226 e. The van der Waals surface area contributed by atoms with E-state index in [1.165, 1.54) is 0 Å². The number of halogens is 3. The van der Waals surface area contributed by atoms with Crippen LogP contribution in [0, 0.1) is 0 Å². The fraction of sp³-hybridized carbons (Fsp3) is 1.00. The van der Waals surface area contributed by atoms with Crippen molar-refractivity contribution in [3.8, 4) is 0 Å². The Labute approximate surface area is 73.3 Å². The van der Waals surface area contributed by atoms with Crippen molar-refractivity contribution in [3.63, 3.8) is 0 Å². The van der Waals surface area contributed by atoms with Crippen LogP contribution >= 0.6 is 47.8 Å². The van der Waals surface area contributed by atoms with Crippen LogP contribution in [0.5, 0.6) is 0 Å². The maximum absolute atomic E-state index is 10.5. The van der Waals surface area contributed by atoms with Crippen molar-refractivity contribution >= 4 is 57.6 Å². The highest BCUT2D eigenvalue weighted by molar-refractivity contribution is 9.42. The summed E-state index contributed by atoms with van der Waals surface area (Å²) in [6, 6.07) is 0. The molecule has 6 heteroatoms. The Balaban J connectivity index is 4.53. The Kier molecular flexibility index (Phi) is 3.00. The van der Waals surface area contributed by atoms with E-state index < -0.39 is 11.3 Å². The maximum atomic E-state index is 10.5. The molecule has 0 saturated carbocycles. The minimum absolute atomic E-state index is 1.10. The number of alkyl halides is 3. The van der Waals surface area contributed by atoms with Crippen molar-refractivity contribution in [2.45, 2.75) is 1.47 Å². The molecule has 0 atom stereocenters. The van der Waals surface area contributed by atoms with Crippen molar-refractivity contribution in [1.29, 1.82) is 0 Å². The molecule has 50 valence electrons. The van der Waals surface area contributed by atoms with Crippen LogP contribution in [0.2, 0.25) is 0 Å². The molecule has 0 aliphatic heterocycles. The van der Waals surface area contributed by atoms with Crippen molar-refractivity contribution in [3.05, 3.63) is 0 Å². The van der Waals surface area contributed by atoms with Gasteiger partial charge in [-0.25, -0.2) is 8.42 Å². The molecule has 0 rings (SSSR count). The van der Waals surface area contributed by atoms with Gasteiger partial charge in [-0.1, -0.05) is 0 Å². The van der Waals surface area contributed by atoms with Crippen molar-refractivity contribution in [1.82, 2.24) is 0 Å². The lowest BCUT2D eigenvalue weighted by Gasteiger charge is -2.06. The van der Waals surface area contributed by atoms with Crippen LogP contribution in [0.25, 0.3) is 0 Å². The van der Waals surface area contributed by atoms with Crippen LogP contribution in [0.4, 0.5) is 0 Å². The number of sulfone groups is 1. The Hall–Kier alpha value is 1.39. The van der Waals surface area contributed by atoms with Crippen molar-refractivity contribution in [2.75, 3.05) is 6.26 Å². The molecule has 0 amide bonds. The summed E-state index contributed by atoms with van der Waals surface area (Å²) in [6.07, 6.45) is 1.10. The molecule has 0 aliphatic carbocycles. The summed E-state index contributed by atoms with van der Waals surface area (Å²) < 4.78 is 19.9. The minimum atomic E-state index is -3.09. The predicted molar refractivity (Wildman–Crippen MR) is 44.4 cm³/mol. The predicted octanol–water partition coefficient (Wildman–Crippen LogP) is 1.83. The van der Waals surface area contributed by atoms with Gasteiger partial charge in [-0.05, 0) is 47.8 Å². The summed E-state index contributed by atoms with van der Waals surface area (Å²) >= 11 is 8.53. The highest BCUT2D eigenvalue weighted by atomic mass is 80.0. The van der Waals surface area contributed by atoms with Gasteiger partial charge in [-0.15, -0.1) is 0 Å². The normalized spacial score (nSPS) is 14.0. The van der Waals surface area contributed by atoms with E-state index in [4.69, 9.17) is 0 Å². The average Bonchev–Trinajstić information content (AvgIpc) is 1.25. The molecule has 0 unspecified atom stereocenters. The highest BCUT2D eigenvalue weighted by Gasteiger charge is 2.30. The molecule has 0 fully saturated rings. The van der Waals surface area contributed by atoms with E-state index in [0.717, 1.165) is 6.26 Å². The van der Waals surface area contributed by atoms with Crippen LogP contribution in [-0.2, 0) is 9.84 Å². The van der Waals surface area contributed by atoms with E-state index in [-0.39, 0.29) is 0 Å².